The maximum Gasteiger partial charge on any atom is 0.316 e. The van der Waals surface area contributed by atoms with Crippen LogP contribution in [0.25, 0.3) is 0 Å². The van der Waals surface area contributed by atoms with Crippen molar-refractivity contribution < 1.29 is 23.3 Å². The number of benzene rings is 1. The molecule has 0 atom stereocenters. The summed E-state index contributed by atoms with van der Waals surface area (Å²) in [6, 6.07) is 8.95. The van der Waals surface area contributed by atoms with Crippen molar-refractivity contribution in [2.45, 2.75) is 26.0 Å². The Labute approximate surface area is 153 Å². The van der Waals surface area contributed by atoms with Crippen molar-refractivity contribution in [2.24, 2.45) is 0 Å². The van der Waals surface area contributed by atoms with Crippen LogP contribution in [-0.4, -0.2) is 22.0 Å². The number of anilines is 1. The predicted octanol–water partition coefficient (Wildman–Crippen LogP) is 2.06. The molecule has 3 heterocycles. The molecular formula is C18H16N4O5. The Morgan fingerprint density at radius 2 is 2.22 bits per heavy atom. The zero-order valence-corrected chi connectivity index (χ0v) is 14.2. The molecule has 2 amide bonds. The minimum atomic E-state index is -0.498. The third kappa shape index (κ3) is 3.97. The van der Waals surface area contributed by atoms with Crippen LogP contribution in [0.2, 0.25) is 0 Å². The lowest BCUT2D eigenvalue weighted by molar-refractivity contribution is -0.116. The number of ether oxygens (including phenoxy) is 1. The second-order valence-corrected chi connectivity index (χ2v) is 5.93. The number of nitrogens with zero attached hydrogens (tertiary/aromatic N) is 2. The third-order valence-electron chi connectivity index (χ3n) is 4.01. The number of aromatic nitrogens is 2. The summed E-state index contributed by atoms with van der Waals surface area (Å²) >= 11 is 0. The van der Waals surface area contributed by atoms with Crippen molar-refractivity contribution in [3.63, 3.8) is 0 Å². The molecule has 1 aromatic carbocycles. The Hall–Kier alpha value is -3.62. The first-order chi connectivity index (χ1) is 13.2. The van der Waals surface area contributed by atoms with Crippen LogP contribution in [0.3, 0.4) is 0 Å². The first kappa shape index (κ1) is 16.8. The summed E-state index contributed by atoms with van der Waals surface area (Å²) in [5, 5.41) is 9.16. The van der Waals surface area contributed by atoms with E-state index in [0.717, 1.165) is 11.3 Å². The van der Waals surface area contributed by atoms with Crippen LogP contribution in [-0.2, 0) is 24.4 Å². The summed E-state index contributed by atoms with van der Waals surface area (Å²) in [4.78, 5) is 27.5. The molecule has 0 saturated heterocycles. The average Bonchev–Trinajstić information content (AvgIpc) is 3.36. The monoisotopic (exact) mass is 368 g/mol. The number of carbonyl (C=O) groups is 2. The SMILES string of the molecule is O=C1CCc2ccc(OCc3noc(C(=O)NCc4ccco4)n3)cc2N1. The molecule has 2 N–H and O–H groups in total. The van der Waals surface area contributed by atoms with E-state index >= 15 is 0 Å². The van der Waals surface area contributed by atoms with Crippen molar-refractivity contribution >= 4 is 17.5 Å². The largest absolute Gasteiger partial charge is 0.485 e. The normalized spacial score (nSPS) is 13.0. The fraction of sp³-hybridized carbons (Fsp3) is 0.222. The highest BCUT2D eigenvalue weighted by atomic mass is 16.5. The first-order valence-corrected chi connectivity index (χ1v) is 8.36. The number of nitrogens with one attached hydrogen (secondary N) is 2. The highest BCUT2D eigenvalue weighted by Crippen LogP contribution is 2.27. The molecule has 0 aliphatic carbocycles. The molecule has 1 aliphatic heterocycles. The molecule has 4 rings (SSSR count). The fourth-order valence-electron chi connectivity index (χ4n) is 2.65. The van der Waals surface area contributed by atoms with Gasteiger partial charge < -0.3 is 24.3 Å². The van der Waals surface area contributed by atoms with E-state index in [2.05, 4.69) is 20.8 Å². The van der Waals surface area contributed by atoms with E-state index in [9.17, 15) is 9.59 Å². The number of furan rings is 1. The Bertz CT molecular complexity index is 964. The Morgan fingerprint density at radius 3 is 3.07 bits per heavy atom. The average molecular weight is 368 g/mol. The van der Waals surface area contributed by atoms with Crippen LogP contribution in [0.1, 0.15) is 34.3 Å². The topological polar surface area (TPSA) is 119 Å². The summed E-state index contributed by atoms with van der Waals surface area (Å²) in [6.45, 7) is 0.253. The van der Waals surface area contributed by atoms with Crippen molar-refractivity contribution in [3.05, 3.63) is 59.6 Å². The van der Waals surface area contributed by atoms with E-state index in [1.54, 1.807) is 18.2 Å². The zero-order chi connectivity index (χ0) is 18.6. The highest BCUT2D eigenvalue weighted by Gasteiger charge is 2.17. The Kier molecular flexibility index (Phi) is 4.56. The second-order valence-electron chi connectivity index (χ2n) is 5.93. The number of fused-ring (bicyclic) bond motifs is 1. The number of rotatable bonds is 6. The van der Waals surface area contributed by atoms with Crippen molar-refractivity contribution in [1.29, 1.82) is 0 Å². The molecule has 0 fully saturated rings. The molecule has 27 heavy (non-hydrogen) atoms. The molecule has 2 aromatic heterocycles. The fourth-order valence-corrected chi connectivity index (χ4v) is 2.65. The molecule has 9 nitrogen and oxygen atoms in total. The van der Waals surface area contributed by atoms with Gasteiger partial charge in [-0.3, -0.25) is 9.59 Å². The summed E-state index contributed by atoms with van der Waals surface area (Å²) in [6.07, 6.45) is 2.72. The van der Waals surface area contributed by atoms with E-state index < -0.39 is 5.91 Å². The van der Waals surface area contributed by atoms with Crippen LogP contribution >= 0.6 is 0 Å². The van der Waals surface area contributed by atoms with Crippen LogP contribution in [0.5, 0.6) is 5.75 Å². The molecule has 0 spiro atoms. The summed E-state index contributed by atoms with van der Waals surface area (Å²) in [7, 11) is 0. The van der Waals surface area contributed by atoms with Crippen LogP contribution in [0.4, 0.5) is 5.69 Å². The minimum Gasteiger partial charge on any atom is -0.485 e. The summed E-state index contributed by atoms with van der Waals surface area (Å²) in [5.74, 6) is 0.748. The van der Waals surface area contributed by atoms with Gasteiger partial charge in [0.25, 0.3) is 0 Å². The lowest BCUT2D eigenvalue weighted by Crippen LogP contribution is -2.22. The smallest absolute Gasteiger partial charge is 0.316 e. The molecule has 1 aliphatic rings. The van der Waals surface area contributed by atoms with Crippen LogP contribution < -0.4 is 15.4 Å². The maximum atomic E-state index is 12.0. The van der Waals surface area contributed by atoms with Gasteiger partial charge in [-0.2, -0.15) is 4.98 Å². The Morgan fingerprint density at radius 1 is 1.30 bits per heavy atom. The lowest BCUT2D eigenvalue weighted by atomic mass is 10.0. The molecule has 3 aromatic rings. The van der Waals surface area contributed by atoms with E-state index in [0.29, 0.717) is 24.4 Å². The molecular weight excluding hydrogens is 352 g/mol. The van der Waals surface area contributed by atoms with Gasteiger partial charge in [-0.1, -0.05) is 11.2 Å². The number of amides is 2. The molecule has 0 radical (unpaired) electrons. The predicted molar refractivity (Wildman–Crippen MR) is 91.9 cm³/mol. The van der Waals surface area contributed by atoms with Gasteiger partial charge in [0, 0.05) is 18.2 Å². The van der Waals surface area contributed by atoms with Crippen molar-refractivity contribution in [1.82, 2.24) is 15.5 Å². The van der Waals surface area contributed by atoms with Gasteiger partial charge in [-0.05, 0) is 30.2 Å². The molecule has 0 bridgehead atoms. The van der Waals surface area contributed by atoms with E-state index in [1.165, 1.54) is 6.26 Å². The standard InChI is InChI=1S/C18H16N4O5/c23-16-6-4-11-3-5-12(8-14(11)20-16)26-10-15-21-18(27-22-15)17(24)19-9-13-2-1-7-25-13/h1-3,5,7-8H,4,6,9-10H2,(H,19,24)(H,20,23). The highest BCUT2D eigenvalue weighted by molar-refractivity contribution is 5.94. The van der Waals surface area contributed by atoms with Gasteiger partial charge in [0.1, 0.15) is 11.5 Å². The van der Waals surface area contributed by atoms with Crippen LogP contribution in [0.15, 0.2) is 45.5 Å². The molecule has 0 unspecified atom stereocenters. The van der Waals surface area contributed by atoms with Gasteiger partial charge in [0.2, 0.25) is 11.7 Å². The van der Waals surface area contributed by atoms with Gasteiger partial charge in [-0.25, -0.2) is 0 Å². The second kappa shape index (κ2) is 7.32. The quantitative estimate of drug-likeness (QED) is 0.683. The van der Waals surface area contributed by atoms with Crippen molar-refractivity contribution in [2.75, 3.05) is 5.32 Å². The van der Waals surface area contributed by atoms with E-state index in [4.69, 9.17) is 13.7 Å². The van der Waals surface area contributed by atoms with Gasteiger partial charge in [-0.15, -0.1) is 0 Å². The van der Waals surface area contributed by atoms with E-state index in [-0.39, 0.29) is 30.8 Å². The first-order valence-electron chi connectivity index (χ1n) is 8.36. The van der Waals surface area contributed by atoms with Gasteiger partial charge >= 0.3 is 11.8 Å². The Balaban J connectivity index is 1.33. The summed E-state index contributed by atoms with van der Waals surface area (Å²) in [5.41, 5.74) is 1.81. The van der Waals surface area contributed by atoms with Gasteiger partial charge in [0.15, 0.2) is 6.61 Å². The lowest BCUT2D eigenvalue weighted by Gasteiger charge is -2.17. The molecule has 0 saturated carbocycles. The maximum absolute atomic E-state index is 12.0. The zero-order valence-electron chi connectivity index (χ0n) is 14.2. The molecule has 138 valence electrons. The minimum absolute atomic E-state index is 0.0111. The van der Waals surface area contributed by atoms with E-state index in [1.807, 2.05) is 12.1 Å². The van der Waals surface area contributed by atoms with Crippen molar-refractivity contribution in [3.8, 4) is 5.75 Å². The number of carbonyl (C=O) groups excluding carboxylic acids is 2. The van der Waals surface area contributed by atoms with Gasteiger partial charge in [0.05, 0.1) is 12.8 Å². The number of hydrogen-bond acceptors (Lipinski definition) is 7. The number of aryl methyl sites for hydroxylation is 1. The summed E-state index contributed by atoms with van der Waals surface area (Å²) < 4.78 is 15.7. The number of hydrogen-bond donors (Lipinski definition) is 2. The third-order valence-corrected chi connectivity index (χ3v) is 4.01. The van der Waals surface area contributed by atoms with Crippen LogP contribution in [0, 0.1) is 0 Å². The molecule has 9 heteroatoms.